The van der Waals surface area contributed by atoms with Crippen molar-refractivity contribution in [2.75, 3.05) is 27.3 Å². The molecule has 0 spiro atoms. The zero-order valence-corrected chi connectivity index (χ0v) is 11.0. The number of aromatic nitrogens is 1. The Morgan fingerprint density at radius 2 is 2.35 bits per heavy atom. The van der Waals surface area contributed by atoms with Gasteiger partial charge in [0, 0.05) is 25.8 Å². The normalized spacial score (nSPS) is 13.2. The van der Waals surface area contributed by atoms with Crippen LogP contribution in [0.2, 0.25) is 0 Å². The van der Waals surface area contributed by atoms with Crippen LogP contribution in [-0.4, -0.2) is 43.4 Å². The third-order valence-corrected chi connectivity index (χ3v) is 2.81. The van der Waals surface area contributed by atoms with Crippen molar-refractivity contribution in [2.45, 2.75) is 32.4 Å². The molecule has 5 nitrogen and oxygen atoms in total. The summed E-state index contributed by atoms with van der Waals surface area (Å²) in [5.41, 5.74) is 6.50. The van der Waals surface area contributed by atoms with Gasteiger partial charge in [-0.2, -0.15) is 0 Å². The molecule has 2 N–H and O–H groups in total. The van der Waals surface area contributed by atoms with Crippen molar-refractivity contribution in [3.63, 3.8) is 0 Å². The Bertz CT molecular complexity index is 314. The van der Waals surface area contributed by atoms with Gasteiger partial charge in [-0.25, -0.2) is 0 Å². The number of nitrogens with two attached hydrogens (primary N) is 1. The zero-order chi connectivity index (χ0) is 12.7. The van der Waals surface area contributed by atoms with E-state index in [0.29, 0.717) is 12.6 Å². The first-order valence-corrected chi connectivity index (χ1v) is 5.98. The lowest BCUT2D eigenvalue weighted by atomic mass is 10.1. The van der Waals surface area contributed by atoms with E-state index in [-0.39, 0.29) is 0 Å². The summed E-state index contributed by atoms with van der Waals surface area (Å²) in [5.74, 6) is 0.846. The van der Waals surface area contributed by atoms with E-state index in [4.69, 9.17) is 15.0 Å². The summed E-state index contributed by atoms with van der Waals surface area (Å²) >= 11 is 0. The van der Waals surface area contributed by atoms with Crippen molar-refractivity contribution >= 4 is 0 Å². The summed E-state index contributed by atoms with van der Waals surface area (Å²) in [6.07, 6.45) is 2.05. The van der Waals surface area contributed by atoms with Crippen molar-refractivity contribution in [3.05, 3.63) is 17.5 Å². The molecule has 0 aliphatic heterocycles. The molecule has 1 aromatic rings. The molecule has 0 fully saturated rings. The fraction of sp³-hybridized carbons (Fsp3) is 0.750. The van der Waals surface area contributed by atoms with Gasteiger partial charge in [0.15, 0.2) is 0 Å². The molecular weight excluding hydrogens is 218 g/mol. The van der Waals surface area contributed by atoms with Gasteiger partial charge in [-0.1, -0.05) is 5.16 Å². The molecule has 0 radical (unpaired) electrons. The van der Waals surface area contributed by atoms with Crippen LogP contribution in [0.5, 0.6) is 0 Å². The first-order valence-electron chi connectivity index (χ1n) is 5.98. The van der Waals surface area contributed by atoms with Gasteiger partial charge in [0.1, 0.15) is 5.76 Å². The average molecular weight is 241 g/mol. The quantitative estimate of drug-likeness (QED) is 0.740. The van der Waals surface area contributed by atoms with Gasteiger partial charge in [0.25, 0.3) is 0 Å². The molecule has 1 rings (SSSR count). The Morgan fingerprint density at radius 3 is 2.88 bits per heavy atom. The molecule has 0 saturated carbocycles. The summed E-state index contributed by atoms with van der Waals surface area (Å²) < 4.78 is 10.3. The van der Waals surface area contributed by atoms with E-state index in [0.717, 1.165) is 37.4 Å². The third-order valence-electron chi connectivity index (χ3n) is 2.81. The van der Waals surface area contributed by atoms with Crippen molar-refractivity contribution in [2.24, 2.45) is 5.73 Å². The van der Waals surface area contributed by atoms with Gasteiger partial charge in [0.2, 0.25) is 0 Å². The van der Waals surface area contributed by atoms with Gasteiger partial charge in [-0.3, -0.25) is 4.90 Å². The lowest BCUT2D eigenvalue weighted by molar-refractivity contribution is 0.0948. The lowest BCUT2D eigenvalue weighted by Gasteiger charge is -2.26. The molecule has 5 heteroatoms. The second kappa shape index (κ2) is 7.42. The monoisotopic (exact) mass is 241 g/mol. The summed E-state index contributed by atoms with van der Waals surface area (Å²) in [6.45, 7) is 4.11. The number of aryl methyl sites for hydroxylation is 1. The summed E-state index contributed by atoms with van der Waals surface area (Å²) in [5, 5.41) is 4.00. The molecule has 0 bridgehead atoms. The molecule has 0 amide bonds. The minimum absolute atomic E-state index is 0.376. The predicted molar refractivity (Wildman–Crippen MR) is 66.7 cm³/mol. The van der Waals surface area contributed by atoms with Crippen LogP contribution in [0, 0.1) is 6.92 Å². The second-order valence-corrected chi connectivity index (χ2v) is 4.38. The first kappa shape index (κ1) is 14.2. The highest BCUT2D eigenvalue weighted by Gasteiger charge is 2.15. The zero-order valence-electron chi connectivity index (χ0n) is 11.0. The Labute approximate surface area is 103 Å². The maximum atomic E-state index is 5.54. The van der Waals surface area contributed by atoms with E-state index in [1.165, 1.54) is 0 Å². The van der Waals surface area contributed by atoms with Crippen LogP contribution in [-0.2, 0) is 11.3 Å². The van der Waals surface area contributed by atoms with Crippen LogP contribution in [0.15, 0.2) is 10.6 Å². The molecule has 98 valence electrons. The number of hydrogen-bond donors (Lipinski definition) is 1. The summed E-state index contributed by atoms with van der Waals surface area (Å²) in [7, 11) is 3.80. The van der Waals surface area contributed by atoms with Crippen LogP contribution in [0.1, 0.15) is 24.3 Å². The van der Waals surface area contributed by atoms with Crippen LogP contribution in [0.3, 0.4) is 0 Å². The Kier molecular flexibility index (Phi) is 6.18. The number of nitrogens with zero attached hydrogens (tertiary/aromatic N) is 2. The van der Waals surface area contributed by atoms with E-state index in [1.807, 2.05) is 13.0 Å². The molecule has 1 unspecified atom stereocenters. The van der Waals surface area contributed by atoms with Crippen LogP contribution < -0.4 is 5.73 Å². The predicted octanol–water partition coefficient (Wildman–Crippen LogP) is 1.17. The smallest absolute Gasteiger partial charge is 0.133 e. The molecule has 1 aromatic heterocycles. The summed E-state index contributed by atoms with van der Waals surface area (Å²) in [6, 6.07) is 2.34. The van der Waals surface area contributed by atoms with Crippen LogP contribution in [0.4, 0.5) is 0 Å². The molecule has 0 saturated heterocycles. The fourth-order valence-corrected chi connectivity index (χ4v) is 1.85. The molecule has 0 aromatic carbocycles. The van der Waals surface area contributed by atoms with Crippen LogP contribution >= 0.6 is 0 Å². The number of methoxy groups -OCH3 is 1. The van der Waals surface area contributed by atoms with Gasteiger partial charge >= 0.3 is 0 Å². The van der Waals surface area contributed by atoms with Gasteiger partial charge in [-0.15, -0.1) is 0 Å². The number of rotatable bonds is 8. The van der Waals surface area contributed by atoms with Gasteiger partial charge < -0.3 is 15.0 Å². The van der Waals surface area contributed by atoms with Crippen LogP contribution in [0.25, 0.3) is 0 Å². The highest BCUT2D eigenvalue weighted by atomic mass is 16.5. The molecule has 1 atom stereocenters. The average Bonchev–Trinajstić information content (AvgIpc) is 2.70. The molecule has 17 heavy (non-hydrogen) atoms. The largest absolute Gasteiger partial charge is 0.383 e. The maximum Gasteiger partial charge on any atom is 0.133 e. The van der Waals surface area contributed by atoms with E-state index in [9.17, 15) is 0 Å². The molecular formula is C12H23N3O2. The minimum atomic E-state index is 0.376. The topological polar surface area (TPSA) is 64.5 Å². The highest BCUT2D eigenvalue weighted by molar-refractivity contribution is 5.03. The van der Waals surface area contributed by atoms with E-state index in [1.54, 1.807) is 7.11 Å². The Balaban J connectivity index is 2.48. The Morgan fingerprint density at radius 1 is 1.59 bits per heavy atom. The van der Waals surface area contributed by atoms with E-state index < -0.39 is 0 Å². The van der Waals surface area contributed by atoms with Gasteiger partial charge in [0.05, 0.1) is 12.3 Å². The SMILES string of the molecule is COCC(CCCN)N(C)Cc1cc(C)on1. The third kappa shape index (κ3) is 4.85. The van der Waals surface area contributed by atoms with E-state index in [2.05, 4.69) is 17.1 Å². The van der Waals surface area contributed by atoms with Crippen molar-refractivity contribution in [3.8, 4) is 0 Å². The fourth-order valence-electron chi connectivity index (χ4n) is 1.85. The number of ether oxygens (including phenoxy) is 1. The molecule has 0 aliphatic carbocycles. The van der Waals surface area contributed by atoms with Crippen molar-refractivity contribution in [1.82, 2.24) is 10.1 Å². The van der Waals surface area contributed by atoms with Crippen molar-refractivity contribution in [1.29, 1.82) is 0 Å². The number of likely N-dealkylation sites (N-methyl/N-ethyl adjacent to an activating group) is 1. The summed E-state index contributed by atoms with van der Waals surface area (Å²) in [4.78, 5) is 2.23. The Hall–Kier alpha value is -0.910. The second-order valence-electron chi connectivity index (χ2n) is 4.38. The first-order chi connectivity index (χ1) is 8.17. The molecule has 1 heterocycles. The number of hydrogen-bond acceptors (Lipinski definition) is 5. The van der Waals surface area contributed by atoms with Gasteiger partial charge in [-0.05, 0) is 33.4 Å². The molecule has 0 aliphatic rings. The minimum Gasteiger partial charge on any atom is -0.383 e. The standard InChI is InChI=1S/C12H23N3O2/c1-10-7-11(14-17-10)8-15(2)12(9-16-3)5-4-6-13/h7,12H,4-6,8-9,13H2,1-3H3. The van der Waals surface area contributed by atoms with E-state index >= 15 is 0 Å². The highest BCUT2D eigenvalue weighted by Crippen LogP contribution is 2.11. The maximum absolute atomic E-state index is 5.54. The lowest BCUT2D eigenvalue weighted by Crippen LogP contribution is -2.35. The van der Waals surface area contributed by atoms with Crippen molar-refractivity contribution < 1.29 is 9.26 Å².